The lowest BCUT2D eigenvalue weighted by Crippen LogP contribution is -1.93. The molecule has 0 bridgehead atoms. The predicted molar refractivity (Wildman–Crippen MR) is 71.2 cm³/mol. The molecule has 0 atom stereocenters. The number of nitro groups is 1. The SMILES string of the molecule is O=[N+]([O-])c1cccc(-c2ccccc2)c1I. The highest BCUT2D eigenvalue weighted by Crippen LogP contribution is 2.31. The first-order valence-electron chi connectivity index (χ1n) is 4.68. The molecule has 0 amide bonds. The van der Waals surface area contributed by atoms with Gasteiger partial charge in [-0.05, 0) is 28.2 Å². The minimum absolute atomic E-state index is 0.155. The molecule has 0 aliphatic carbocycles. The van der Waals surface area contributed by atoms with E-state index in [1.807, 2.05) is 59.0 Å². The summed E-state index contributed by atoms with van der Waals surface area (Å²) in [6, 6.07) is 14.8. The van der Waals surface area contributed by atoms with Crippen LogP contribution in [0.25, 0.3) is 11.1 Å². The lowest BCUT2D eigenvalue weighted by atomic mass is 10.1. The Balaban J connectivity index is 2.59. The van der Waals surface area contributed by atoms with E-state index >= 15 is 0 Å². The zero-order valence-corrected chi connectivity index (χ0v) is 10.4. The van der Waals surface area contributed by atoms with Crippen LogP contribution >= 0.6 is 22.6 Å². The highest BCUT2D eigenvalue weighted by atomic mass is 127. The van der Waals surface area contributed by atoms with Crippen molar-refractivity contribution in [2.24, 2.45) is 0 Å². The largest absolute Gasteiger partial charge is 0.283 e. The maximum Gasteiger partial charge on any atom is 0.283 e. The summed E-state index contributed by atoms with van der Waals surface area (Å²) in [5.41, 5.74) is 2.05. The molecule has 16 heavy (non-hydrogen) atoms. The Labute approximate surface area is 106 Å². The van der Waals surface area contributed by atoms with E-state index in [1.165, 1.54) is 6.07 Å². The first-order valence-corrected chi connectivity index (χ1v) is 5.76. The van der Waals surface area contributed by atoms with Crippen LogP contribution in [0.3, 0.4) is 0 Å². The van der Waals surface area contributed by atoms with Crippen LogP contribution in [0.2, 0.25) is 0 Å². The summed E-state index contributed by atoms with van der Waals surface area (Å²) in [6.45, 7) is 0. The van der Waals surface area contributed by atoms with E-state index in [-0.39, 0.29) is 10.6 Å². The van der Waals surface area contributed by atoms with Crippen LogP contribution in [0.4, 0.5) is 5.69 Å². The van der Waals surface area contributed by atoms with Crippen LogP contribution in [-0.4, -0.2) is 4.92 Å². The molecule has 0 saturated carbocycles. The second-order valence-electron chi connectivity index (χ2n) is 3.26. The molecule has 4 heteroatoms. The zero-order chi connectivity index (χ0) is 11.5. The Kier molecular flexibility index (Phi) is 3.19. The summed E-state index contributed by atoms with van der Waals surface area (Å²) in [7, 11) is 0. The smallest absolute Gasteiger partial charge is 0.258 e. The third-order valence-electron chi connectivity index (χ3n) is 2.26. The Hall–Kier alpha value is -1.43. The van der Waals surface area contributed by atoms with E-state index in [0.717, 1.165) is 11.1 Å². The number of hydrogen-bond donors (Lipinski definition) is 0. The Bertz CT molecular complexity index is 526. The number of rotatable bonds is 2. The third-order valence-corrected chi connectivity index (χ3v) is 3.39. The topological polar surface area (TPSA) is 43.1 Å². The van der Waals surface area contributed by atoms with Crippen molar-refractivity contribution >= 4 is 28.3 Å². The molecule has 0 heterocycles. The van der Waals surface area contributed by atoms with E-state index < -0.39 is 0 Å². The summed E-state index contributed by atoms with van der Waals surface area (Å²) in [4.78, 5) is 10.5. The fourth-order valence-corrected chi connectivity index (χ4v) is 2.37. The fraction of sp³-hybridized carbons (Fsp3) is 0. The average Bonchev–Trinajstić information content (AvgIpc) is 2.30. The van der Waals surface area contributed by atoms with E-state index in [9.17, 15) is 10.1 Å². The second-order valence-corrected chi connectivity index (χ2v) is 4.34. The van der Waals surface area contributed by atoms with E-state index in [2.05, 4.69) is 0 Å². The molecule has 0 saturated heterocycles. The molecule has 2 aromatic rings. The van der Waals surface area contributed by atoms with Gasteiger partial charge in [-0.15, -0.1) is 0 Å². The monoisotopic (exact) mass is 325 g/mol. The van der Waals surface area contributed by atoms with Gasteiger partial charge >= 0.3 is 0 Å². The molecule has 3 nitrogen and oxygen atoms in total. The molecular formula is C12H8INO2. The predicted octanol–water partition coefficient (Wildman–Crippen LogP) is 3.87. The number of nitro benzene ring substituents is 1. The Morgan fingerprint density at radius 2 is 1.69 bits per heavy atom. The van der Waals surface area contributed by atoms with Crippen LogP contribution in [-0.2, 0) is 0 Å². The van der Waals surface area contributed by atoms with Crippen molar-refractivity contribution in [3.05, 3.63) is 62.2 Å². The maximum atomic E-state index is 10.8. The molecule has 0 spiro atoms. The summed E-state index contributed by atoms with van der Waals surface area (Å²) < 4.78 is 0.677. The molecule has 0 unspecified atom stereocenters. The molecule has 0 N–H and O–H groups in total. The van der Waals surface area contributed by atoms with E-state index in [4.69, 9.17) is 0 Å². The quantitative estimate of drug-likeness (QED) is 0.478. The lowest BCUT2D eigenvalue weighted by molar-refractivity contribution is -0.385. The van der Waals surface area contributed by atoms with Gasteiger partial charge in [0, 0.05) is 11.6 Å². The number of halogens is 1. The number of benzene rings is 2. The zero-order valence-electron chi connectivity index (χ0n) is 8.26. The van der Waals surface area contributed by atoms with Gasteiger partial charge in [0.1, 0.15) is 0 Å². The van der Waals surface area contributed by atoms with Gasteiger partial charge in [-0.25, -0.2) is 0 Å². The molecule has 80 valence electrons. The summed E-state index contributed by atoms with van der Waals surface area (Å²) in [5, 5.41) is 10.8. The van der Waals surface area contributed by atoms with Crippen LogP contribution in [0.15, 0.2) is 48.5 Å². The van der Waals surface area contributed by atoms with Gasteiger partial charge in [-0.2, -0.15) is 0 Å². The third kappa shape index (κ3) is 2.06. The molecule has 0 aliphatic heterocycles. The highest BCUT2D eigenvalue weighted by Gasteiger charge is 2.15. The standard InChI is InChI=1S/C12H8INO2/c13-12-10(9-5-2-1-3-6-9)7-4-8-11(12)14(15)16/h1-8H. The van der Waals surface area contributed by atoms with Crippen molar-refractivity contribution in [1.29, 1.82) is 0 Å². The van der Waals surface area contributed by atoms with Gasteiger partial charge in [-0.1, -0.05) is 42.5 Å². The maximum absolute atomic E-state index is 10.8. The lowest BCUT2D eigenvalue weighted by Gasteiger charge is -2.04. The Morgan fingerprint density at radius 1 is 1.00 bits per heavy atom. The summed E-state index contributed by atoms with van der Waals surface area (Å²) in [6.07, 6.45) is 0. The van der Waals surface area contributed by atoms with Crippen molar-refractivity contribution in [2.75, 3.05) is 0 Å². The van der Waals surface area contributed by atoms with Gasteiger partial charge < -0.3 is 0 Å². The second kappa shape index (κ2) is 4.61. The summed E-state index contributed by atoms with van der Waals surface area (Å²) >= 11 is 2.02. The van der Waals surface area contributed by atoms with Crippen LogP contribution in [0.1, 0.15) is 0 Å². The first-order chi connectivity index (χ1) is 7.70. The van der Waals surface area contributed by atoms with Gasteiger partial charge in [-0.3, -0.25) is 10.1 Å². The van der Waals surface area contributed by atoms with Crippen molar-refractivity contribution in [1.82, 2.24) is 0 Å². The van der Waals surface area contributed by atoms with Gasteiger partial charge in [0.25, 0.3) is 5.69 Å². The van der Waals surface area contributed by atoms with Crippen LogP contribution in [0, 0.1) is 13.7 Å². The Morgan fingerprint density at radius 3 is 2.31 bits per heavy atom. The van der Waals surface area contributed by atoms with Crippen molar-refractivity contribution < 1.29 is 4.92 Å². The molecule has 2 aromatic carbocycles. The van der Waals surface area contributed by atoms with Gasteiger partial charge in [0.05, 0.1) is 8.49 Å². The van der Waals surface area contributed by atoms with Crippen molar-refractivity contribution in [3.63, 3.8) is 0 Å². The summed E-state index contributed by atoms with van der Waals surface area (Å²) in [5.74, 6) is 0. The van der Waals surface area contributed by atoms with Crippen LogP contribution in [0.5, 0.6) is 0 Å². The number of hydrogen-bond acceptors (Lipinski definition) is 2. The fourth-order valence-electron chi connectivity index (χ4n) is 1.50. The van der Waals surface area contributed by atoms with E-state index in [1.54, 1.807) is 6.07 Å². The van der Waals surface area contributed by atoms with Crippen molar-refractivity contribution in [3.8, 4) is 11.1 Å². The van der Waals surface area contributed by atoms with Crippen LogP contribution < -0.4 is 0 Å². The van der Waals surface area contributed by atoms with Gasteiger partial charge in [0.15, 0.2) is 0 Å². The molecular weight excluding hydrogens is 317 g/mol. The molecule has 0 radical (unpaired) electrons. The number of nitrogens with zero attached hydrogens (tertiary/aromatic N) is 1. The molecule has 0 fully saturated rings. The first kappa shape index (κ1) is 11.1. The minimum atomic E-state index is -0.353. The molecule has 0 aromatic heterocycles. The molecule has 0 aliphatic rings. The minimum Gasteiger partial charge on any atom is -0.258 e. The average molecular weight is 325 g/mol. The van der Waals surface area contributed by atoms with Gasteiger partial charge in [0.2, 0.25) is 0 Å². The normalized spacial score (nSPS) is 10.1. The molecule has 2 rings (SSSR count). The van der Waals surface area contributed by atoms with E-state index in [0.29, 0.717) is 3.57 Å². The highest BCUT2D eigenvalue weighted by molar-refractivity contribution is 14.1. The van der Waals surface area contributed by atoms with Crippen molar-refractivity contribution in [2.45, 2.75) is 0 Å².